The average Bonchev–Trinajstić information content (AvgIpc) is 3.53. The number of fused-ring (bicyclic) bond motifs is 1. The van der Waals surface area contributed by atoms with E-state index in [2.05, 4.69) is 10.3 Å². The summed E-state index contributed by atoms with van der Waals surface area (Å²) < 4.78 is 72.9. The minimum absolute atomic E-state index is 0.00803. The van der Waals surface area contributed by atoms with Crippen LogP contribution in [-0.2, 0) is 27.4 Å². The van der Waals surface area contributed by atoms with Gasteiger partial charge in [-0.3, -0.25) is 9.79 Å². The number of rotatable bonds is 10. The molecule has 0 bridgehead atoms. The van der Waals surface area contributed by atoms with Crippen LogP contribution < -0.4 is 10.1 Å². The lowest BCUT2D eigenvalue weighted by atomic mass is 9.98. The molecular weight excluding hydrogens is 589 g/mol. The molecule has 3 unspecified atom stereocenters. The van der Waals surface area contributed by atoms with E-state index in [1.165, 1.54) is 24.3 Å². The molecule has 222 valence electrons. The number of hydrogen-bond acceptors (Lipinski definition) is 7. The molecular formula is C30H29F3N2O5S2. The number of benzene rings is 3. The summed E-state index contributed by atoms with van der Waals surface area (Å²) in [6.45, 7) is -0.176. The van der Waals surface area contributed by atoms with Gasteiger partial charge in [-0.25, -0.2) is 8.42 Å². The van der Waals surface area contributed by atoms with Gasteiger partial charge in [0.2, 0.25) is 0 Å². The first-order valence-corrected chi connectivity index (χ1v) is 15.9. The lowest BCUT2D eigenvalue weighted by Crippen LogP contribution is -2.18. The maximum Gasteiger partial charge on any atom is 0.416 e. The Kier molecular flexibility index (Phi) is 8.84. The van der Waals surface area contributed by atoms with Crippen molar-refractivity contribution in [3.8, 4) is 5.75 Å². The number of amidine groups is 1. The molecule has 12 heteroatoms. The number of anilines is 1. The lowest BCUT2D eigenvalue weighted by molar-refractivity contribution is -0.138. The number of aliphatic carboxylic acids is 1. The first kappa shape index (κ1) is 30.0. The summed E-state index contributed by atoms with van der Waals surface area (Å²) in [6.07, 6.45) is -1.76. The van der Waals surface area contributed by atoms with Gasteiger partial charge in [0.05, 0.1) is 28.7 Å². The number of nitrogens with one attached hydrogen (secondary N) is 1. The Morgan fingerprint density at radius 2 is 1.81 bits per heavy atom. The molecule has 0 spiro atoms. The number of ether oxygens (including phenoxy) is 1. The summed E-state index contributed by atoms with van der Waals surface area (Å²) in [6, 6.07) is 18.0. The van der Waals surface area contributed by atoms with Crippen molar-refractivity contribution in [3.63, 3.8) is 0 Å². The zero-order valence-corrected chi connectivity index (χ0v) is 24.0. The zero-order valence-electron chi connectivity index (χ0n) is 22.4. The number of hydrogen-bond donors (Lipinski definition) is 2. The molecule has 2 N–H and O–H groups in total. The van der Waals surface area contributed by atoms with Crippen LogP contribution in [0.2, 0.25) is 0 Å². The van der Waals surface area contributed by atoms with Crippen molar-refractivity contribution >= 4 is 38.4 Å². The third kappa shape index (κ3) is 7.46. The van der Waals surface area contributed by atoms with Gasteiger partial charge in [-0.2, -0.15) is 13.2 Å². The van der Waals surface area contributed by atoms with Crippen LogP contribution in [0.1, 0.15) is 48.3 Å². The van der Waals surface area contributed by atoms with Crippen molar-refractivity contribution in [2.45, 2.75) is 60.6 Å². The number of carboxylic acids is 1. The van der Waals surface area contributed by atoms with Gasteiger partial charge in [0.15, 0.2) is 15.0 Å². The van der Waals surface area contributed by atoms with E-state index >= 15 is 0 Å². The number of thioether (sulfide) groups is 1. The summed E-state index contributed by atoms with van der Waals surface area (Å²) in [7, 11) is -3.85. The van der Waals surface area contributed by atoms with Crippen LogP contribution in [0, 0.1) is 0 Å². The Balaban J connectivity index is 1.27. The normalized spacial score (nSPS) is 19.2. The molecule has 0 radical (unpaired) electrons. The first-order valence-electron chi connectivity index (χ1n) is 13.4. The number of carbonyl (C=O) groups is 1. The van der Waals surface area contributed by atoms with E-state index in [0.717, 1.165) is 31.4 Å². The molecule has 42 heavy (non-hydrogen) atoms. The third-order valence-electron chi connectivity index (χ3n) is 7.24. The van der Waals surface area contributed by atoms with Crippen molar-refractivity contribution in [1.29, 1.82) is 0 Å². The van der Waals surface area contributed by atoms with E-state index in [-0.39, 0.29) is 41.0 Å². The molecule has 0 amide bonds. The zero-order chi connectivity index (χ0) is 29.9. The Morgan fingerprint density at radius 1 is 1.07 bits per heavy atom. The molecule has 7 nitrogen and oxygen atoms in total. The Bertz CT molecular complexity index is 1560. The first-order chi connectivity index (χ1) is 20.0. The summed E-state index contributed by atoms with van der Waals surface area (Å²) in [5.74, 6) is -1.96. The predicted octanol–water partition coefficient (Wildman–Crippen LogP) is 6.75. The number of sulfone groups is 1. The molecule has 2 aliphatic rings. The van der Waals surface area contributed by atoms with Crippen molar-refractivity contribution in [1.82, 2.24) is 0 Å². The molecule has 1 aliphatic heterocycles. The van der Waals surface area contributed by atoms with E-state index in [4.69, 9.17) is 4.74 Å². The van der Waals surface area contributed by atoms with Gasteiger partial charge in [-0.1, -0.05) is 48.5 Å². The Morgan fingerprint density at radius 3 is 2.48 bits per heavy atom. The highest BCUT2D eigenvalue weighted by molar-refractivity contribution is 8.15. The maximum atomic E-state index is 13.6. The second-order valence-corrected chi connectivity index (χ2v) is 13.6. The smallest absolute Gasteiger partial charge is 0.416 e. The fourth-order valence-corrected chi connectivity index (χ4v) is 8.07. The summed E-state index contributed by atoms with van der Waals surface area (Å²) in [5, 5.41) is 13.3. The molecule has 1 fully saturated rings. The highest BCUT2D eigenvalue weighted by Gasteiger charge is 2.35. The van der Waals surface area contributed by atoms with Gasteiger partial charge < -0.3 is 15.2 Å². The fraction of sp³-hybridized carbons (Fsp3) is 0.333. The molecule has 0 aromatic heterocycles. The standard InChI is InChI=1S/C30H29F3N2O5S2/c31-30(32,33)22-13-19(14-23(16-22)34-29-35-26-7-4-8-27(26)41-29)17-40-24-9-11-25(12-10-24)42(38,39)18-21(15-28(36)37)20-5-2-1-3-6-20/h1-3,5-6,9-14,16,21,26-27H,4,7-8,15,17-18H2,(H,34,35)(H,36,37). The van der Waals surface area contributed by atoms with E-state index in [9.17, 15) is 31.5 Å². The van der Waals surface area contributed by atoms with Crippen LogP contribution in [0.15, 0.2) is 82.7 Å². The van der Waals surface area contributed by atoms with Crippen LogP contribution >= 0.6 is 11.8 Å². The van der Waals surface area contributed by atoms with Gasteiger partial charge in [0, 0.05) is 16.9 Å². The minimum Gasteiger partial charge on any atom is -0.489 e. The van der Waals surface area contributed by atoms with Gasteiger partial charge in [-0.15, -0.1) is 0 Å². The molecule has 0 saturated heterocycles. The van der Waals surface area contributed by atoms with E-state index in [0.29, 0.717) is 16.0 Å². The summed E-state index contributed by atoms with van der Waals surface area (Å²) >= 11 is 1.56. The molecule has 3 aromatic rings. The van der Waals surface area contributed by atoms with Crippen molar-refractivity contribution in [2.24, 2.45) is 4.99 Å². The molecule has 1 heterocycles. The fourth-order valence-electron chi connectivity index (χ4n) is 5.19. The largest absolute Gasteiger partial charge is 0.489 e. The number of nitrogens with zero attached hydrogens (tertiary/aromatic N) is 1. The van der Waals surface area contributed by atoms with Gasteiger partial charge >= 0.3 is 12.1 Å². The Hall–Kier alpha value is -3.51. The van der Waals surface area contributed by atoms with Gasteiger partial charge in [0.1, 0.15) is 12.4 Å². The van der Waals surface area contributed by atoms with E-state index < -0.39 is 39.2 Å². The molecule has 5 rings (SSSR count). The number of aliphatic imine (C=N–C) groups is 1. The minimum atomic E-state index is -4.55. The summed E-state index contributed by atoms with van der Waals surface area (Å²) in [4.78, 5) is 16.0. The quantitative estimate of drug-likeness (QED) is 0.259. The molecule has 1 saturated carbocycles. The van der Waals surface area contributed by atoms with Crippen molar-refractivity contribution in [3.05, 3.63) is 89.5 Å². The van der Waals surface area contributed by atoms with Crippen LogP contribution in [0.5, 0.6) is 5.75 Å². The lowest BCUT2D eigenvalue weighted by Gasteiger charge is -2.16. The van der Waals surface area contributed by atoms with Crippen molar-refractivity contribution < 1.29 is 36.2 Å². The monoisotopic (exact) mass is 618 g/mol. The topological polar surface area (TPSA) is 105 Å². The third-order valence-corrected chi connectivity index (χ3v) is 10.4. The van der Waals surface area contributed by atoms with Crippen LogP contribution in [0.4, 0.5) is 18.9 Å². The molecule has 3 aromatic carbocycles. The molecule has 1 aliphatic carbocycles. The van der Waals surface area contributed by atoms with Crippen LogP contribution in [0.25, 0.3) is 0 Å². The number of halogens is 3. The predicted molar refractivity (Wildman–Crippen MR) is 156 cm³/mol. The number of carboxylic acid groups (broad SMARTS) is 1. The van der Waals surface area contributed by atoms with Gasteiger partial charge in [-0.05, 0) is 66.4 Å². The second-order valence-electron chi connectivity index (χ2n) is 10.4. The highest BCUT2D eigenvalue weighted by atomic mass is 32.2. The van der Waals surface area contributed by atoms with E-state index in [1.807, 2.05) is 0 Å². The highest BCUT2D eigenvalue weighted by Crippen LogP contribution is 2.39. The maximum absolute atomic E-state index is 13.6. The SMILES string of the molecule is O=C(O)CC(CS(=O)(=O)c1ccc(OCc2cc(NC3=NC4CCCC4S3)cc(C(F)(F)F)c2)cc1)c1ccccc1. The summed E-state index contributed by atoms with van der Waals surface area (Å²) in [5.41, 5.74) is 0.350. The number of alkyl halides is 3. The molecule has 3 atom stereocenters. The van der Waals surface area contributed by atoms with Crippen LogP contribution in [0.3, 0.4) is 0 Å². The average molecular weight is 619 g/mol. The van der Waals surface area contributed by atoms with Crippen molar-refractivity contribution in [2.75, 3.05) is 11.1 Å². The van der Waals surface area contributed by atoms with Gasteiger partial charge in [0.25, 0.3) is 0 Å². The second kappa shape index (κ2) is 12.4. The van der Waals surface area contributed by atoms with Crippen LogP contribution in [-0.4, -0.2) is 41.7 Å². The van der Waals surface area contributed by atoms with E-state index in [1.54, 1.807) is 48.2 Å². The Labute approximate surface area is 246 Å².